The lowest BCUT2D eigenvalue weighted by atomic mass is 10.1. The molecule has 0 bridgehead atoms. The molecule has 0 aromatic carbocycles. The highest BCUT2D eigenvalue weighted by molar-refractivity contribution is 5.69. The van der Waals surface area contributed by atoms with Crippen LogP contribution in [-0.2, 0) is 9.53 Å². The van der Waals surface area contributed by atoms with Gasteiger partial charge in [-0.25, -0.2) is 0 Å². The summed E-state index contributed by atoms with van der Waals surface area (Å²) in [6.45, 7) is 4.90. The fraction of sp³-hybridized carbons (Fsp3) is 0.900. The molecule has 0 atom stereocenters. The number of aliphatic hydroxyl groups excluding tert-OH is 1. The third-order valence-corrected chi connectivity index (χ3v) is 1.79. The van der Waals surface area contributed by atoms with Gasteiger partial charge in [-0.3, -0.25) is 4.79 Å². The van der Waals surface area contributed by atoms with Crippen LogP contribution in [0.25, 0.3) is 0 Å². The molecule has 0 unspecified atom stereocenters. The minimum atomic E-state index is -1.36. The highest BCUT2D eigenvalue weighted by Gasteiger charge is 2.04. The molecular formula is C10H21NO4. The Labute approximate surface area is 90.4 Å². The van der Waals surface area contributed by atoms with E-state index >= 15 is 0 Å². The van der Waals surface area contributed by atoms with Crippen molar-refractivity contribution in [2.24, 2.45) is 5.92 Å². The molecule has 0 aliphatic heterocycles. The van der Waals surface area contributed by atoms with Gasteiger partial charge in [0.05, 0.1) is 0 Å². The number of esters is 1. The molecule has 3 N–H and O–H groups in total. The largest absolute Gasteiger partial charge is 0.464 e. The molecule has 5 nitrogen and oxygen atoms in total. The fourth-order valence-corrected chi connectivity index (χ4v) is 0.947. The normalized spacial score (nSPS) is 11.1. The summed E-state index contributed by atoms with van der Waals surface area (Å²) < 4.78 is 4.91. The summed E-state index contributed by atoms with van der Waals surface area (Å²) in [5, 5.41) is 19.7. The number of ether oxygens (including phenoxy) is 1. The zero-order valence-electron chi connectivity index (χ0n) is 9.40. The topological polar surface area (TPSA) is 78.8 Å². The molecule has 15 heavy (non-hydrogen) atoms. The average molecular weight is 219 g/mol. The van der Waals surface area contributed by atoms with Crippen LogP contribution in [0.4, 0.5) is 0 Å². The zero-order chi connectivity index (χ0) is 11.7. The van der Waals surface area contributed by atoms with Crippen LogP contribution in [-0.4, -0.2) is 42.2 Å². The molecule has 0 fully saturated rings. The number of rotatable bonds is 8. The van der Waals surface area contributed by atoms with Gasteiger partial charge in [0.1, 0.15) is 6.61 Å². The first-order chi connectivity index (χ1) is 7.02. The van der Waals surface area contributed by atoms with Crippen LogP contribution in [0.5, 0.6) is 0 Å². The van der Waals surface area contributed by atoms with Crippen molar-refractivity contribution in [1.29, 1.82) is 0 Å². The maximum Gasteiger partial charge on any atom is 0.305 e. The minimum Gasteiger partial charge on any atom is -0.464 e. The zero-order valence-corrected chi connectivity index (χ0v) is 9.40. The van der Waals surface area contributed by atoms with E-state index in [0.29, 0.717) is 18.9 Å². The Kier molecular flexibility index (Phi) is 8.27. The van der Waals surface area contributed by atoms with E-state index in [9.17, 15) is 4.79 Å². The van der Waals surface area contributed by atoms with Crippen molar-refractivity contribution < 1.29 is 19.7 Å². The lowest BCUT2D eigenvalue weighted by Gasteiger charge is -2.08. The molecule has 90 valence electrons. The molecule has 0 amide bonds. The molecular weight excluding hydrogens is 198 g/mol. The fourth-order valence-electron chi connectivity index (χ4n) is 0.947. The van der Waals surface area contributed by atoms with Crippen LogP contribution < -0.4 is 5.32 Å². The van der Waals surface area contributed by atoms with Crippen LogP contribution in [0.3, 0.4) is 0 Å². The van der Waals surface area contributed by atoms with Gasteiger partial charge in [-0.15, -0.1) is 0 Å². The number of aliphatic hydroxyl groups is 2. The van der Waals surface area contributed by atoms with E-state index in [1.807, 2.05) is 0 Å². The molecule has 0 heterocycles. The van der Waals surface area contributed by atoms with E-state index in [-0.39, 0.29) is 19.1 Å². The number of hydrogen-bond acceptors (Lipinski definition) is 5. The van der Waals surface area contributed by atoms with Crippen LogP contribution in [0.15, 0.2) is 0 Å². The van der Waals surface area contributed by atoms with Crippen molar-refractivity contribution >= 4 is 5.97 Å². The van der Waals surface area contributed by atoms with Gasteiger partial charge in [0.25, 0.3) is 0 Å². The smallest absolute Gasteiger partial charge is 0.305 e. The summed E-state index contributed by atoms with van der Waals surface area (Å²) in [5.41, 5.74) is 0. The van der Waals surface area contributed by atoms with Gasteiger partial charge in [0.2, 0.25) is 0 Å². The number of nitrogens with one attached hydrogen (secondary N) is 1. The predicted molar refractivity (Wildman–Crippen MR) is 56.1 cm³/mol. The van der Waals surface area contributed by atoms with Gasteiger partial charge in [-0.05, 0) is 12.3 Å². The number of carbonyl (C=O) groups excluding carboxylic acids is 1. The maximum atomic E-state index is 11.1. The Balaban J connectivity index is 3.24. The second-order valence-corrected chi connectivity index (χ2v) is 3.84. The van der Waals surface area contributed by atoms with Crippen molar-refractivity contribution in [2.75, 3.05) is 19.7 Å². The van der Waals surface area contributed by atoms with E-state index < -0.39 is 6.29 Å². The van der Waals surface area contributed by atoms with Crippen LogP contribution in [0.1, 0.15) is 26.7 Å². The Hall–Kier alpha value is -0.650. The van der Waals surface area contributed by atoms with E-state index in [1.165, 1.54) is 0 Å². The first kappa shape index (κ1) is 14.3. The number of carbonyl (C=O) groups is 1. The van der Waals surface area contributed by atoms with Crippen LogP contribution in [0, 0.1) is 5.92 Å². The number of hydrogen-bond donors (Lipinski definition) is 3. The van der Waals surface area contributed by atoms with Gasteiger partial charge in [-0.2, -0.15) is 0 Å². The molecule has 0 aromatic rings. The first-order valence-corrected chi connectivity index (χ1v) is 5.25. The average Bonchev–Trinajstić information content (AvgIpc) is 2.13. The quantitative estimate of drug-likeness (QED) is 0.301. The Morgan fingerprint density at radius 2 is 2.07 bits per heavy atom. The third-order valence-electron chi connectivity index (χ3n) is 1.79. The summed E-state index contributed by atoms with van der Waals surface area (Å²) in [6, 6.07) is 0. The minimum absolute atomic E-state index is 0.0868. The molecule has 0 aliphatic rings. The predicted octanol–water partition coefficient (Wildman–Crippen LogP) is -0.134. The molecule has 0 rings (SSSR count). The van der Waals surface area contributed by atoms with Gasteiger partial charge < -0.3 is 20.3 Å². The van der Waals surface area contributed by atoms with Gasteiger partial charge in [0.15, 0.2) is 6.29 Å². The molecule has 0 spiro atoms. The molecule has 0 radical (unpaired) electrons. The molecule has 0 aromatic heterocycles. The lowest BCUT2D eigenvalue weighted by Crippen LogP contribution is -2.29. The highest BCUT2D eigenvalue weighted by atomic mass is 16.5. The first-order valence-electron chi connectivity index (χ1n) is 5.25. The maximum absolute atomic E-state index is 11.1. The Bertz CT molecular complexity index is 171. The van der Waals surface area contributed by atoms with Crippen LogP contribution in [0.2, 0.25) is 0 Å². The second kappa shape index (κ2) is 8.64. The monoisotopic (exact) mass is 219 g/mol. The van der Waals surface area contributed by atoms with E-state index in [1.54, 1.807) is 0 Å². The summed E-state index contributed by atoms with van der Waals surface area (Å²) >= 11 is 0. The van der Waals surface area contributed by atoms with E-state index in [4.69, 9.17) is 14.9 Å². The Morgan fingerprint density at radius 1 is 1.40 bits per heavy atom. The van der Waals surface area contributed by atoms with Crippen molar-refractivity contribution in [3.63, 3.8) is 0 Å². The van der Waals surface area contributed by atoms with Gasteiger partial charge in [-0.1, -0.05) is 13.8 Å². The van der Waals surface area contributed by atoms with Crippen molar-refractivity contribution in [2.45, 2.75) is 33.0 Å². The second-order valence-electron chi connectivity index (χ2n) is 3.84. The standard InChI is InChI=1S/C10H21NO4/c1-8(2)3-4-10(14)15-6-5-11-7-9(12)13/h8-9,11-13H,3-7H2,1-2H3. The van der Waals surface area contributed by atoms with E-state index in [0.717, 1.165) is 6.42 Å². The molecule has 0 saturated heterocycles. The third kappa shape index (κ3) is 11.3. The summed E-state index contributed by atoms with van der Waals surface area (Å²) in [4.78, 5) is 11.1. The van der Waals surface area contributed by atoms with Crippen molar-refractivity contribution in [1.82, 2.24) is 5.32 Å². The SMILES string of the molecule is CC(C)CCC(=O)OCCNCC(O)O. The summed E-state index contributed by atoms with van der Waals surface area (Å²) in [5.74, 6) is 0.301. The summed E-state index contributed by atoms with van der Waals surface area (Å²) in [7, 11) is 0. The highest BCUT2D eigenvalue weighted by Crippen LogP contribution is 2.03. The lowest BCUT2D eigenvalue weighted by molar-refractivity contribution is -0.143. The van der Waals surface area contributed by atoms with Gasteiger partial charge in [0, 0.05) is 19.5 Å². The molecule has 5 heteroatoms. The molecule has 0 aliphatic carbocycles. The Morgan fingerprint density at radius 3 is 2.60 bits per heavy atom. The summed E-state index contributed by atoms with van der Waals surface area (Å²) in [6.07, 6.45) is -0.0799. The van der Waals surface area contributed by atoms with Crippen molar-refractivity contribution in [3.05, 3.63) is 0 Å². The van der Waals surface area contributed by atoms with Crippen molar-refractivity contribution in [3.8, 4) is 0 Å². The van der Waals surface area contributed by atoms with Gasteiger partial charge >= 0.3 is 5.97 Å². The molecule has 0 saturated carbocycles. The van der Waals surface area contributed by atoms with E-state index in [2.05, 4.69) is 19.2 Å². The van der Waals surface area contributed by atoms with Crippen LogP contribution >= 0.6 is 0 Å².